The highest BCUT2D eigenvalue weighted by molar-refractivity contribution is 7.98. The molecule has 0 atom stereocenters. The third kappa shape index (κ3) is 5.74. The molecule has 6 nitrogen and oxygen atoms in total. The summed E-state index contributed by atoms with van der Waals surface area (Å²) >= 11 is 14.3. The van der Waals surface area contributed by atoms with Crippen molar-refractivity contribution in [2.75, 3.05) is 5.32 Å². The molecule has 2 amide bonds. The number of amides is 2. The smallest absolute Gasteiger partial charge is 0.319 e. The van der Waals surface area contributed by atoms with Gasteiger partial charge < -0.3 is 10.6 Å². The summed E-state index contributed by atoms with van der Waals surface area (Å²) in [6.45, 7) is 2.23. The molecule has 9 heteroatoms. The highest BCUT2D eigenvalue weighted by Crippen LogP contribution is 2.31. The SMILES string of the molecule is Cc1ccccc1CSc1nnc(CNC(=O)Nc2cccc3ccccc23)n1-c1ccc(Cl)cc1Cl. The van der Waals surface area contributed by atoms with Crippen LogP contribution in [0.25, 0.3) is 16.5 Å². The molecule has 0 saturated heterocycles. The molecule has 0 aliphatic rings. The fraction of sp³-hybridized carbons (Fsp3) is 0.107. The van der Waals surface area contributed by atoms with E-state index in [-0.39, 0.29) is 12.6 Å². The first-order valence-corrected chi connectivity index (χ1v) is 13.3. The van der Waals surface area contributed by atoms with Crippen LogP contribution in [0, 0.1) is 6.92 Å². The second kappa shape index (κ2) is 11.3. The number of urea groups is 1. The molecule has 1 aromatic heterocycles. The third-order valence-electron chi connectivity index (χ3n) is 5.91. The molecule has 0 bridgehead atoms. The van der Waals surface area contributed by atoms with Crippen LogP contribution in [0.4, 0.5) is 10.5 Å². The van der Waals surface area contributed by atoms with Crippen LogP contribution >= 0.6 is 35.0 Å². The lowest BCUT2D eigenvalue weighted by Gasteiger charge is -2.14. The van der Waals surface area contributed by atoms with Crippen molar-refractivity contribution in [3.05, 3.63) is 112 Å². The molecule has 2 N–H and O–H groups in total. The van der Waals surface area contributed by atoms with Crippen molar-refractivity contribution in [2.24, 2.45) is 0 Å². The van der Waals surface area contributed by atoms with E-state index in [1.807, 2.05) is 65.2 Å². The van der Waals surface area contributed by atoms with Crippen molar-refractivity contribution in [3.8, 4) is 5.69 Å². The summed E-state index contributed by atoms with van der Waals surface area (Å²) in [5.41, 5.74) is 3.83. The number of thioether (sulfide) groups is 1. The monoisotopic (exact) mass is 547 g/mol. The first-order chi connectivity index (χ1) is 18.0. The number of fused-ring (bicyclic) bond motifs is 1. The molecule has 186 valence electrons. The van der Waals surface area contributed by atoms with Crippen LogP contribution in [0.2, 0.25) is 10.0 Å². The number of halogens is 2. The predicted octanol–water partition coefficient (Wildman–Crippen LogP) is 7.65. The van der Waals surface area contributed by atoms with Gasteiger partial charge in [0.1, 0.15) is 0 Å². The summed E-state index contributed by atoms with van der Waals surface area (Å²) in [6, 6.07) is 26.8. The summed E-state index contributed by atoms with van der Waals surface area (Å²) in [5, 5.41) is 18.3. The van der Waals surface area contributed by atoms with Crippen LogP contribution in [-0.2, 0) is 12.3 Å². The molecule has 1 heterocycles. The zero-order valence-corrected chi connectivity index (χ0v) is 22.2. The minimum Gasteiger partial charge on any atom is -0.331 e. The zero-order chi connectivity index (χ0) is 25.8. The molecule has 0 saturated carbocycles. The van der Waals surface area contributed by atoms with Gasteiger partial charge in [0, 0.05) is 16.2 Å². The van der Waals surface area contributed by atoms with E-state index in [1.54, 1.807) is 23.9 Å². The normalized spacial score (nSPS) is 11.0. The van der Waals surface area contributed by atoms with Crippen LogP contribution in [0.15, 0.2) is 90.1 Å². The Labute approximate surface area is 229 Å². The van der Waals surface area contributed by atoms with Crippen molar-refractivity contribution >= 4 is 57.5 Å². The van der Waals surface area contributed by atoms with E-state index in [4.69, 9.17) is 23.2 Å². The molecule has 5 aromatic rings. The van der Waals surface area contributed by atoms with Crippen molar-refractivity contribution in [3.63, 3.8) is 0 Å². The van der Waals surface area contributed by atoms with Crippen LogP contribution in [0.1, 0.15) is 17.0 Å². The average Bonchev–Trinajstić information content (AvgIpc) is 3.29. The number of aryl methyl sites for hydroxylation is 1. The Bertz CT molecular complexity index is 1580. The molecule has 5 rings (SSSR count). The summed E-state index contributed by atoms with van der Waals surface area (Å²) < 4.78 is 1.86. The average molecular weight is 548 g/mol. The largest absolute Gasteiger partial charge is 0.331 e. The van der Waals surface area contributed by atoms with Gasteiger partial charge in [-0.1, -0.05) is 95.6 Å². The van der Waals surface area contributed by atoms with Gasteiger partial charge in [0.25, 0.3) is 0 Å². The molecule has 0 fully saturated rings. The number of nitrogens with zero attached hydrogens (tertiary/aromatic N) is 3. The number of carbonyl (C=O) groups excluding carboxylic acids is 1. The fourth-order valence-corrected chi connectivity index (χ4v) is 5.52. The Morgan fingerprint density at radius 1 is 0.946 bits per heavy atom. The molecular weight excluding hydrogens is 525 g/mol. The van der Waals surface area contributed by atoms with Crippen LogP contribution < -0.4 is 10.6 Å². The molecular formula is C28H23Cl2N5OS. The second-order valence-corrected chi connectivity index (χ2v) is 10.2. The van der Waals surface area contributed by atoms with Gasteiger partial charge in [0.2, 0.25) is 0 Å². The van der Waals surface area contributed by atoms with Gasteiger partial charge >= 0.3 is 6.03 Å². The maximum absolute atomic E-state index is 12.8. The lowest BCUT2D eigenvalue weighted by Crippen LogP contribution is -2.29. The minimum absolute atomic E-state index is 0.146. The Balaban J connectivity index is 1.38. The van der Waals surface area contributed by atoms with Gasteiger partial charge in [0.05, 0.1) is 22.9 Å². The van der Waals surface area contributed by atoms with E-state index in [0.29, 0.717) is 32.5 Å². The number of aromatic nitrogens is 3. The van der Waals surface area contributed by atoms with Crippen LogP contribution in [-0.4, -0.2) is 20.8 Å². The molecule has 4 aromatic carbocycles. The van der Waals surface area contributed by atoms with E-state index >= 15 is 0 Å². The van der Waals surface area contributed by atoms with Crippen LogP contribution in [0.5, 0.6) is 0 Å². The van der Waals surface area contributed by atoms with E-state index in [2.05, 4.69) is 39.9 Å². The number of rotatable bonds is 7. The Morgan fingerprint density at radius 2 is 1.73 bits per heavy atom. The number of nitrogens with one attached hydrogen (secondary N) is 2. The Morgan fingerprint density at radius 3 is 2.57 bits per heavy atom. The number of carbonyl (C=O) groups is 1. The van der Waals surface area contributed by atoms with Gasteiger partial charge in [-0.15, -0.1) is 10.2 Å². The summed E-state index contributed by atoms with van der Waals surface area (Å²) in [5.74, 6) is 1.26. The number of benzene rings is 4. The van der Waals surface area contributed by atoms with Gasteiger partial charge in [-0.3, -0.25) is 4.57 Å². The first-order valence-electron chi connectivity index (χ1n) is 11.6. The van der Waals surface area contributed by atoms with E-state index < -0.39 is 0 Å². The third-order valence-corrected chi connectivity index (χ3v) is 7.43. The molecule has 0 aliphatic carbocycles. The molecule has 0 unspecified atom stereocenters. The molecule has 0 radical (unpaired) electrons. The fourth-order valence-electron chi connectivity index (χ4n) is 3.99. The quantitative estimate of drug-likeness (QED) is 0.205. The van der Waals surface area contributed by atoms with Gasteiger partial charge in [-0.2, -0.15) is 0 Å². The van der Waals surface area contributed by atoms with E-state index in [1.165, 1.54) is 11.1 Å². The lowest BCUT2D eigenvalue weighted by atomic mass is 10.1. The highest BCUT2D eigenvalue weighted by atomic mass is 35.5. The van der Waals surface area contributed by atoms with Gasteiger partial charge in [0.15, 0.2) is 11.0 Å². The minimum atomic E-state index is -0.345. The molecule has 0 aliphatic heterocycles. The van der Waals surface area contributed by atoms with Crippen molar-refractivity contribution in [2.45, 2.75) is 24.4 Å². The second-order valence-electron chi connectivity index (χ2n) is 8.38. The van der Waals surface area contributed by atoms with E-state index in [9.17, 15) is 4.79 Å². The number of hydrogen-bond acceptors (Lipinski definition) is 4. The maximum Gasteiger partial charge on any atom is 0.319 e. The highest BCUT2D eigenvalue weighted by Gasteiger charge is 2.18. The summed E-state index contributed by atoms with van der Waals surface area (Å²) in [4.78, 5) is 12.8. The topological polar surface area (TPSA) is 71.8 Å². The maximum atomic E-state index is 12.8. The lowest BCUT2D eigenvalue weighted by molar-refractivity contribution is 0.251. The van der Waals surface area contributed by atoms with E-state index in [0.717, 1.165) is 16.5 Å². The standard InChI is InChI=1S/C28H23Cl2N5OS/c1-18-7-2-3-9-20(18)17-37-28-34-33-26(35(28)25-14-13-21(29)15-23(25)30)16-31-27(36)32-24-12-6-10-19-8-4-5-11-22(19)24/h2-15H,16-17H2,1H3,(H2,31,32,36). The zero-order valence-electron chi connectivity index (χ0n) is 19.9. The Kier molecular flexibility index (Phi) is 7.65. The van der Waals surface area contributed by atoms with Gasteiger partial charge in [-0.25, -0.2) is 4.79 Å². The predicted molar refractivity (Wildman–Crippen MR) is 152 cm³/mol. The van der Waals surface area contributed by atoms with Gasteiger partial charge in [-0.05, 0) is 47.7 Å². The summed E-state index contributed by atoms with van der Waals surface area (Å²) in [6.07, 6.45) is 0. The van der Waals surface area contributed by atoms with Crippen molar-refractivity contribution in [1.29, 1.82) is 0 Å². The number of anilines is 1. The number of hydrogen-bond donors (Lipinski definition) is 2. The first kappa shape index (κ1) is 25.1. The van der Waals surface area contributed by atoms with Crippen molar-refractivity contribution < 1.29 is 4.79 Å². The summed E-state index contributed by atoms with van der Waals surface area (Å²) in [7, 11) is 0. The van der Waals surface area contributed by atoms with Crippen LogP contribution in [0.3, 0.4) is 0 Å². The van der Waals surface area contributed by atoms with Crippen molar-refractivity contribution in [1.82, 2.24) is 20.1 Å². The Hall–Kier alpha value is -3.52. The molecule has 0 spiro atoms. The molecule has 37 heavy (non-hydrogen) atoms.